The molecule has 20 heteroatoms. The number of ketones is 2. The van der Waals surface area contributed by atoms with Crippen molar-refractivity contribution in [1.82, 2.24) is 5.32 Å². The van der Waals surface area contributed by atoms with Crippen LogP contribution in [0.1, 0.15) is 98.3 Å². The molecule has 0 radical (unpaired) electrons. The van der Waals surface area contributed by atoms with E-state index in [0.717, 1.165) is 0 Å². The van der Waals surface area contributed by atoms with E-state index in [1.165, 1.54) is 26.0 Å². The van der Waals surface area contributed by atoms with Gasteiger partial charge in [0.1, 0.15) is 18.8 Å². The predicted molar refractivity (Wildman–Crippen MR) is 197 cm³/mol. The average Bonchev–Trinajstić information content (AvgIpc) is 3.46. The maximum Gasteiger partial charge on any atom is 0.329 e. The molecule has 0 saturated heterocycles. The van der Waals surface area contributed by atoms with Gasteiger partial charge in [-0.2, -0.15) is 0 Å². The minimum atomic E-state index is -1.50. The number of unbranched alkanes of at least 4 members (excludes halogenated alkanes) is 3. The molecule has 1 amide bonds. The Morgan fingerprint density at radius 3 is 2.21 bits per heavy atom. The Balaban J connectivity index is 0.00000169. The Labute approximate surface area is 334 Å². The van der Waals surface area contributed by atoms with Gasteiger partial charge in [-0.05, 0) is 100 Å². The van der Waals surface area contributed by atoms with E-state index in [1.54, 1.807) is 6.08 Å². The number of rotatable bonds is 20. The van der Waals surface area contributed by atoms with Crippen LogP contribution in [0.2, 0.25) is 0 Å². The van der Waals surface area contributed by atoms with Gasteiger partial charge in [-0.1, -0.05) is 26.3 Å². The number of carbonyl (C=O) groups is 5. The number of alkyl halides is 1. The lowest BCUT2D eigenvalue weighted by molar-refractivity contribution is -0.757. The highest BCUT2D eigenvalue weighted by Gasteiger charge is 2.64. The normalized spacial score (nSPS) is 28.8. The lowest BCUT2D eigenvalue weighted by atomic mass is 9.46. The van der Waals surface area contributed by atoms with E-state index in [0.29, 0.717) is 37.7 Å². The van der Waals surface area contributed by atoms with E-state index in [2.05, 4.69) is 15.0 Å². The van der Waals surface area contributed by atoms with Crippen LogP contribution in [0.15, 0.2) is 23.8 Å². The van der Waals surface area contributed by atoms with Crippen LogP contribution in [0.25, 0.3) is 0 Å². The van der Waals surface area contributed by atoms with Crippen molar-refractivity contribution in [3.8, 4) is 0 Å². The first-order chi connectivity index (χ1) is 27.1. The number of nitrogens with one attached hydrogen (secondary N) is 1. The fourth-order valence-corrected chi connectivity index (χ4v) is 9.12. The van der Waals surface area contributed by atoms with Crippen molar-refractivity contribution >= 4 is 29.4 Å². The van der Waals surface area contributed by atoms with Gasteiger partial charge in [0.25, 0.3) is 10.2 Å². The minimum Gasteiger partial charge on any atom is -0.464 e. The molecule has 0 bridgehead atoms. The van der Waals surface area contributed by atoms with Gasteiger partial charge in [-0.15, -0.1) is 20.2 Å². The Morgan fingerprint density at radius 1 is 0.983 bits per heavy atom. The SMILES string of the molecule is CC(C)(O)O.C[C@]12C[C@H](O)[C@H]3[C@@H](C[C@H](F)C4=CC(=O)C=C[C@@]43C)C1CCC2C(=O)COC(=O)CC(NC(=O)CCCCCO[N+](=O)[O-])C(=O)OCCCCO[N+](=O)[O-]. The number of aliphatic hydroxyl groups is 3. The van der Waals surface area contributed by atoms with Crippen molar-refractivity contribution in [2.24, 2.45) is 34.5 Å². The second kappa shape index (κ2) is 20.9. The van der Waals surface area contributed by atoms with E-state index >= 15 is 4.39 Å². The Morgan fingerprint density at radius 2 is 1.59 bits per heavy atom. The summed E-state index contributed by atoms with van der Waals surface area (Å²) in [5, 5.41) is 48.8. The molecule has 0 aromatic heterocycles. The molecule has 0 aliphatic heterocycles. The van der Waals surface area contributed by atoms with Gasteiger partial charge < -0.3 is 39.8 Å². The van der Waals surface area contributed by atoms with Gasteiger partial charge in [0.15, 0.2) is 17.4 Å². The molecule has 4 rings (SSSR count). The van der Waals surface area contributed by atoms with E-state index in [9.17, 15) is 49.3 Å². The highest BCUT2D eigenvalue weighted by molar-refractivity contribution is 6.01. The van der Waals surface area contributed by atoms with Gasteiger partial charge in [0, 0.05) is 23.7 Å². The summed E-state index contributed by atoms with van der Waals surface area (Å²) < 4.78 is 26.1. The first kappa shape index (κ1) is 47.8. The van der Waals surface area contributed by atoms with E-state index in [4.69, 9.17) is 19.7 Å². The van der Waals surface area contributed by atoms with E-state index in [1.807, 2.05) is 13.8 Å². The number of fused-ring (bicyclic) bond motifs is 5. The third-order valence-electron chi connectivity index (χ3n) is 11.5. The van der Waals surface area contributed by atoms with Crippen LogP contribution < -0.4 is 5.32 Å². The Bertz CT molecular complexity index is 1580. The molecule has 0 heterocycles. The zero-order valence-corrected chi connectivity index (χ0v) is 33.3. The summed E-state index contributed by atoms with van der Waals surface area (Å²) >= 11 is 0. The molecule has 0 aromatic carbocycles. The van der Waals surface area contributed by atoms with Gasteiger partial charge in [0.05, 0.1) is 32.3 Å². The van der Waals surface area contributed by atoms with Gasteiger partial charge in [0.2, 0.25) is 5.91 Å². The molecule has 58 heavy (non-hydrogen) atoms. The fraction of sp³-hybridized carbons (Fsp3) is 0.763. The van der Waals surface area contributed by atoms with Crippen LogP contribution in [0.4, 0.5) is 4.39 Å². The first-order valence-corrected chi connectivity index (χ1v) is 19.5. The second-order valence-electron chi connectivity index (χ2n) is 16.3. The molecule has 326 valence electrons. The van der Waals surface area contributed by atoms with E-state index in [-0.39, 0.29) is 81.2 Å². The molecule has 0 spiro atoms. The highest BCUT2D eigenvalue weighted by Crippen LogP contribution is 2.66. The van der Waals surface area contributed by atoms with Gasteiger partial charge in [-0.3, -0.25) is 19.2 Å². The molecule has 9 atom stereocenters. The van der Waals surface area contributed by atoms with Crippen LogP contribution in [-0.2, 0) is 43.1 Å². The largest absolute Gasteiger partial charge is 0.464 e. The number of hydrogen-bond donors (Lipinski definition) is 4. The number of esters is 2. The van der Waals surface area contributed by atoms with E-state index < -0.39 is 81.9 Å². The summed E-state index contributed by atoms with van der Waals surface area (Å²) in [7, 11) is 0. The minimum absolute atomic E-state index is 0.0720. The summed E-state index contributed by atoms with van der Waals surface area (Å²) in [6.45, 7) is 5.21. The number of amides is 1. The van der Waals surface area contributed by atoms with Crippen molar-refractivity contribution in [3.05, 3.63) is 44.0 Å². The molecule has 4 aliphatic carbocycles. The molecular weight excluding hydrogens is 773 g/mol. The van der Waals surface area contributed by atoms with Crippen molar-refractivity contribution < 1.29 is 73.0 Å². The van der Waals surface area contributed by atoms with Gasteiger partial charge in [-0.25, -0.2) is 9.18 Å². The molecule has 0 aromatic rings. The maximum atomic E-state index is 15.6. The third kappa shape index (κ3) is 13.5. The third-order valence-corrected chi connectivity index (χ3v) is 11.5. The molecule has 19 nitrogen and oxygen atoms in total. The lowest BCUT2D eigenvalue weighted by Crippen LogP contribution is -2.58. The van der Waals surface area contributed by atoms with Crippen LogP contribution >= 0.6 is 0 Å². The highest BCUT2D eigenvalue weighted by atomic mass is 19.1. The zero-order valence-electron chi connectivity index (χ0n) is 33.3. The molecule has 3 unspecified atom stereocenters. The zero-order chi connectivity index (χ0) is 43.4. The Hall–Kier alpha value is -4.56. The Kier molecular flexibility index (Phi) is 17.2. The first-order valence-electron chi connectivity index (χ1n) is 19.5. The second-order valence-corrected chi connectivity index (χ2v) is 16.3. The van der Waals surface area contributed by atoms with Crippen LogP contribution in [0, 0.1) is 54.7 Å². The lowest BCUT2D eigenvalue weighted by Gasteiger charge is -2.59. The summed E-state index contributed by atoms with van der Waals surface area (Å²) in [5.41, 5.74) is -1.15. The predicted octanol–water partition coefficient (Wildman–Crippen LogP) is 2.82. The van der Waals surface area contributed by atoms with Crippen LogP contribution in [0.3, 0.4) is 0 Å². The molecule has 3 saturated carbocycles. The number of allylic oxidation sites excluding steroid dienone is 4. The standard InChI is InChI=1S/C35H48FN3O14.C3H8O2/c1-34-12-11-21(40)16-25(34)26(36)17-22-23-9-10-24(35(23,2)19-28(41)32(22)34)29(42)20-51-31(44)18-27(33(45)50-13-6-7-15-53-39(48)49)37-30(43)8-4-3-5-14-52-38(46)47;1-3(2,4)5/h11-12,16,22-24,26-28,32,41H,3-10,13-15,17-20H2,1-2H3,(H,37,43);4-5H,1-2H3/t22-,23?,24?,26-,27?,28-,32+,34-,35-;/m0./s1. The number of halogens is 1. The van der Waals surface area contributed by atoms with Gasteiger partial charge >= 0.3 is 11.9 Å². The molecule has 3 fully saturated rings. The topological polar surface area (TPSA) is 281 Å². The molecule has 4 N–H and O–H groups in total. The quantitative estimate of drug-likeness (QED) is 0.0451. The summed E-state index contributed by atoms with van der Waals surface area (Å²) in [5.74, 6) is -5.94. The number of hydrogen-bond acceptors (Lipinski definition) is 16. The smallest absolute Gasteiger partial charge is 0.329 e. The fourth-order valence-electron chi connectivity index (χ4n) is 9.12. The number of Topliss-reactive ketones (excluding diaryl/α,β-unsaturated/α-hetero) is 1. The van der Waals surface area contributed by atoms with Crippen LogP contribution in [0.5, 0.6) is 0 Å². The van der Waals surface area contributed by atoms with Crippen molar-refractivity contribution in [2.75, 3.05) is 26.4 Å². The molecular formula is C38H56FN3O16. The average molecular weight is 830 g/mol. The number of carbonyl (C=O) groups excluding carboxylic acids is 5. The van der Waals surface area contributed by atoms with Crippen molar-refractivity contribution in [2.45, 2.75) is 122 Å². The van der Waals surface area contributed by atoms with Crippen molar-refractivity contribution in [1.29, 1.82) is 0 Å². The summed E-state index contributed by atoms with van der Waals surface area (Å²) in [6, 6.07) is -1.47. The van der Waals surface area contributed by atoms with Crippen LogP contribution in [-0.4, -0.2) is 105 Å². The number of nitrogens with zero attached hydrogens (tertiary/aromatic N) is 2. The number of ether oxygens (including phenoxy) is 2. The molecule has 4 aliphatic rings. The summed E-state index contributed by atoms with van der Waals surface area (Å²) in [6.07, 6.45) is 4.38. The summed E-state index contributed by atoms with van der Waals surface area (Å²) in [4.78, 5) is 93.1. The maximum absolute atomic E-state index is 15.6. The number of aliphatic hydroxyl groups excluding tert-OH is 1. The van der Waals surface area contributed by atoms with Crippen molar-refractivity contribution in [3.63, 3.8) is 0 Å². The monoisotopic (exact) mass is 829 g/mol.